The third kappa shape index (κ3) is 4.46. The van der Waals surface area contributed by atoms with E-state index in [4.69, 9.17) is 28.2 Å². The van der Waals surface area contributed by atoms with Crippen LogP contribution in [0.3, 0.4) is 0 Å². The van der Waals surface area contributed by atoms with E-state index in [2.05, 4.69) is 108 Å². The molecule has 0 radical (unpaired) electrons. The monoisotopic (exact) mass is 744 g/mol. The molecular formula is C51H28N4O3. The molecule has 0 amide bonds. The van der Waals surface area contributed by atoms with Gasteiger partial charge in [-0.2, -0.15) is 9.97 Å². The molecule has 5 heterocycles. The van der Waals surface area contributed by atoms with Crippen LogP contribution >= 0.6 is 0 Å². The molecule has 0 fully saturated rings. The van der Waals surface area contributed by atoms with Crippen LogP contribution in [0.25, 0.3) is 127 Å². The number of hydrogen-bond donors (Lipinski definition) is 0. The van der Waals surface area contributed by atoms with Crippen molar-refractivity contribution in [3.63, 3.8) is 0 Å². The fourth-order valence-corrected chi connectivity index (χ4v) is 8.88. The van der Waals surface area contributed by atoms with E-state index in [9.17, 15) is 0 Å². The molecule has 58 heavy (non-hydrogen) atoms. The summed E-state index contributed by atoms with van der Waals surface area (Å²) in [7, 11) is 0. The highest BCUT2D eigenvalue weighted by Gasteiger charge is 2.23. The molecule has 8 aromatic carbocycles. The lowest BCUT2D eigenvalue weighted by molar-refractivity contribution is 0.668. The van der Waals surface area contributed by atoms with E-state index in [0.29, 0.717) is 17.6 Å². The summed E-state index contributed by atoms with van der Waals surface area (Å²) in [5.41, 5.74) is 10.6. The van der Waals surface area contributed by atoms with Gasteiger partial charge in [-0.05, 0) is 71.8 Å². The van der Waals surface area contributed by atoms with Gasteiger partial charge in [-0.15, -0.1) is 0 Å². The topological polar surface area (TPSA) is 83.0 Å². The Morgan fingerprint density at radius 2 is 0.897 bits per heavy atom. The number of fused-ring (bicyclic) bond motifs is 13. The van der Waals surface area contributed by atoms with Gasteiger partial charge in [0.2, 0.25) is 5.95 Å². The Bertz CT molecular complexity index is 3810. The molecule has 0 unspecified atom stereocenters. The van der Waals surface area contributed by atoms with E-state index in [1.807, 2.05) is 66.7 Å². The predicted molar refractivity (Wildman–Crippen MR) is 232 cm³/mol. The zero-order valence-corrected chi connectivity index (χ0v) is 30.7. The summed E-state index contributed by atoms with van der Waals surface area (Å²) in [5.74, 6) is 1.53. The summed E-state index contributed by atoms with van der Waals surface area (Å²) in [4.78, 5) is 15.8. The maximum Gasteiger partial charge on any atom is 0.238 e. The molecule has 13 rings (SSSR count). The van der Waals surface area contributed by atoms with Crippen LogP contribution in [-0.4, -0.2) is 19.5 Å². The first kappa shape index (κ1) is 31.2. The van der Waals surface area contributed by atoms with Crippen LogP contribution in [0, 0.1) is 0 Å². The molecule has 7 nitrogen and oxygen atoms in total. The van der Waals surface area contributed by atoms with Crippen molar-refractivity contribution in [1.82, 2.24) is 19.5 Å². The summed E-state index contributed by atoms with van der Waals surface area (Å²) in [6.45, 7) is 0. The largest absolute Gasteiger partial charge is 0.456 e. The number of para-hydroxylation sites is 3. The van der Waals surface area contributed by atoms with E-state index >= 15 is 0 Å². The first-order chi connectivity index (χ1) is 28.7. The number of nitrogens with zero attached hydrogens (tertiary/aromatic N) is 4. The summed E-state index contributed by atoms with van der Waals surface area (Å²) in [6, 6.07) is 57.9. The lowest BCUT2D eigenvalue weighted by Crippen LogP contribution is -2.06. The van der Waals surface area contributed by atoms with Gasteiger partial charge in [-0.25, -0.2) is 4.98 Å². The highest BCUT2D eigenvalue weighted by atomic mass is 16.3. The van der Waals surface area contributed by atoms with Crippen LogP contribution < -0.4 is 0 Å². The standard InChI is InChI=1S/C51H28N4O3/c1-2-11-29(12-3-1)32-16-10-20-42-46(32)38-24-22-31(28-45(38)58-42)50-52-49(30-21-23-35-34-14-5-8-18-40(34)57-44(35)27-30)53-51(54-50)55-39-17-7-4-13-33(39)36-25-26-43-47(48(36)55)37-15-6-9-19-41(37)56-43/h1-28H. The minimum Gasteiger partial charge on any atom is -0.456 e. The van der Waals surface area contributed by atoms with Crippen molar-refractivity contribution in [3.05, 3.63) is 170 Å². The quantitative estimate of drug-likeness (QED) is 0.178. The van der Waals surface area contributed by atoms with Crippen molar-refractivity contribution in [3.8, 4) is 39.9 Å². The van der Waals surface area contributed by atoms with Crippen molar-refractivity contribution in [1.29, 1.82) is 0 Å². The van der Waals surface area contributed by atoms with Gasteiger partial charge < -0.3 is 13.3 Å². The Balaban J connectivity index is 1.09. The fraction of sp³-hybridized carbons (Fsp3) is 0. The molecular weight excluding hydrogens is 717 g/mol. The third-order valence-corrected chi connectivity index (χ3v) is 11.5. The van der Waals surface area contributed by atoms with Crippen LogP contribution in [0.5, 0.6) is 0 Å². The Morgan fingerprint density at radius 3 is 1.71 bits per heavy atom. The van der Waals surface area contributed by atoms with Gasteiger partial charge >= 0.3 is 0 Å². The second-order valence-electron chi connectivity index (χ2n) is 14.7. The minimum atomic E-state index is 0.491. The molecule has 13 aromatic rings. The van der Waals surface area contributed by atoms with Crippen LogP contribution in [0.2, 0.25) is 0 Å². The van der Waals surface area contributed by atoms with E-state index in [0.717, 1.165) is 110 Å². The van der Waals surface area contributed by atoms with Crippen molar-refractivity contribution in [2.75, 3.05) is 0 Å². The van der Waals surface area contributed by atoms with Crippen molar-refractivity contribution in [2.24, 2.45) is 0 Å². The van der Waals surface area contributed by atoms with Gasteiger partial charge in [-0.1, -0.05) is 109 Å². The Morgan fingerprint density at radius 1 is 0.345 bits per heavy atom. The zero-order valence-electron chi connectivity index (χ0n) is 30.7. The van der Waals surface area contributed by atoms with Crippen LogP contribution in [-0.2, 0) is 0 Å². The highest BCUT2D eigenvalue weighted by Crippen LogP contribution is 2.42. The van der Waals surface area contributed by atoms with E-state index < -0.39 is 0 Å². The van der Waals surface area contributed by atoms with E-state index in [1.165, 1.54) is 0 Å². The Hall–Kier alpha value is -8.03. The maximum absolute atomic E-state index is 6.57. The molecule has 5 aromatic heterocycles. The molecule has 0 N–H and O–H groups in total. The number of hydrogen-bond acceptors (Lipinski definition) is 6. The van der Waals surface area contributed by atoms with Gasteiger partial charge in [0, 0.05) is 48.8 Å². The molecule has 7 heteroatoms. The first-order valence-corrected chi connectivity index (χ1v) is 19.3. The molecule has 270 valence electrons. The van der Waals surface area contributed by atoms with Gasteiger partial charge in [0.15, 0.2) is 11.6 Å². The van der Waals surface area contributed by atoms with Crippen molar-refractivity contribution < 1.29 is 13.3 Å². The molecule has 0 aliphatic heterocycles. The normalized spacial score (nSPS) is 12.1. The zero-order chi connectivity index (χ0) is 37.9. The van der Waals surface area contributed by atoms with Gasteiger partial charge in [0.05, 0.1) is 16.4 Å². The number of benzene rings is 8. The predicted octanol–water partition coefficient (Wildman–Crippen LogP) is 13.7. The second kappa shape index (κ2) is 11.7. The average molecular weight is 745 g/mol. The van der Waals surface area contributed by atoms with Crippen molar-refractivity contribution in [2.45, 2.75) is 0 Å². The SMILES string of the molecule is c1ccc(-c2cccc3oc4cc(-c5nc(-c6ccc7c(c6)oc6ccccc67)nc(-n6c7ccccc7c7ccc8oc9ccccc9c8c76)n5)ccc4c23)cc1. The third-order valence-electron chi connectivity index (χ3n) is 11.5. The Kier molecular flexibility index (Phi) is 6.32. The average Bonchev–Trinajstić information content (AvgIpc) is 4.04. The maximum atomic E-state index is 6.57. The molecule has 0 spiro atoms. The summed E-state index contributed by atoms with van der Waals surface area (Å²) >= 11 is 0. The van der Waals surface area contributed by atoms with Crippen LogP contribution in [0.1, 0.15) is 0 Å². The smallest absolute Gasteiger partial charge is 0.238 e. The molecule has 0 saturated carbocycles. The fourth-order valence-electron chi connectivity index (χ4n) is 8.88. The number of aromatic nitrogens is 4. The number of rotatable bonds is 4. The molecule has 0 atom stereocenters. The molecule has 0 aliphatic carbocycles. The van der Waals surface area contributed by atoms with Gasteiger partial charge in [-0.3, -0.25) is 4.57 Å². The van der Waals surface area contributed by atoms with Crippen LogP contribution in [0.4, 0.5) is 0 Å². The molecule has 0 bridgehead atoms. The number of furan rings is 3. The van der Waals surface area contributed by atoms with E-state index in [-0.39, 0.29) is 0 Å². The van der Waals surface area contributed by atoms with Gasteiger partial charge in [0.1, 0.15) is 33.5 Å². The van der Waals surface area contributed by atoms with Gasteiger partial charge in [0.25, 0.3) is 0 Å². The second-order valence-corrected chi connectivity index (χ2v) is 14.7. The minimum absolute atomic E-state index is 0.491. The first-order valence-electron chi connectivity index (χ1n) is 19.3. The lowest BCUT2D eigenvalue weighted by Gasteiger charge is -2.11. The van der Waals surface area contributed by atoms with E-state index in [1.54, 1.807) is 0 Å². The summed E-state index contributed by atoms with van der Waals surface area (Å²) in [5, 5.41) is 8.42. The molecule has 0 aliphatic rings. The summed E-state index contributed by atoms with van der Waals surface area (Å²) < 4.78 is 21.5. The lowest BCUT2D eigenvalue weighted by atomic mass is 9.99. The van der Waals surface area contributed by atoms with Crippen molar-refractivity contribution >= 4 is 87.6 Å². The Labute approximate surface area is 329 Å². The summed E-state index contributed by atoms with van der Waals surface area (Å²) in [6.07, 6.45) is 0. The highest BCUT2D eigenvalue weighted by molar-refractivity contribution is 6.24. The van der Waals surface area contributed by atoms with Crippen LogP contribution in [0.15, 0.2) is 183 Å². The molecule has 0 saturated heterocycles.